The van der Waals surface area contributed by atoms with Gasteiger partial charge in [0.05, 0.1) is 12.2 Å². The molecule has 112 valence electrons. The van der Waals surface area contributed by atoms with Gasteiger partial charge in [0.25, 0.3) is 5.91 Å². The van der Waals surface area contributed by atoms with Gasteiger partial charge >= 0.3 is 0 Å². The summed E-state index contributed by atoms with van der Waals surface area (Å²) in [6.45, 7) is 3.53. The molecule has 2 rings (SSSR count). The predicted molar refractivity (Wildman–Crippen MR) is 76.1 cm³/mol. The second-order valence-electron chi connectivity index (χ2n) is 4.43. The van der Waals surface area contributed by atoms with Crippen molar-refractivity contribution in [3.8, 4) is 0 Å². The topological polar surface area (TPSA) is 101 Å². The Bertz CT molecular complexity index is 651. The van der Waals surface area contributed by atoms with Crippen molar-refractivity contribution in [2.75, 3.05) is 18.9 Å². The number of likely N-dealkylation sites (N-methyl/N-ethyl adjacent to an activating group) is 1. The van der Waals surface area contributed by atoms with Crippen LogP contribution < -0.4 is 5.32 Å². The number of aromatic nitrogens is 3. The molecule has 9 heteroatoms. The van der Waals surface area contributed by atoms with Crippen molar-refractivity contribution in [1.29, 1.82) is 0 Å². The van der Waals surface area contributed by atoms with Gasteiger partial charge in [-0.25, -0.2) is 0 Å². The van der Waals surface area contributed by atoms with Crippen LogP contribution >= 0.6 is 11.5 Å². The Hall–Kier alpha value is -2.29. The zero-order chi connectivity index (χ0) is 15.4. The van der Waals surface area contributed by atoms with Crippen LogP contribution in [0, 0.1) is 6.92 Å². The summed E-state index contributed by atoms with van der Waals surface area (Å²) in [5, 5.41) is 10.1. The van der Waals surface area contributed by atoms with Crippen LogP contribution in [0.25, 0.3) is 0 Å². The number of nitrogens with zero attached hydrogens (tertiary/aromatic N) is 4. The molecule has 0 fully saturated rings. The van der Waals surface area contributed by atoms with Gasteiger partial charge < -0.3 is 14.7 Å². The monoisotopic (exact) mass is 309 g/mol. The molecule has 0 bridgehead atoms. The first-order valence-corrected chi connectivity index (χ1v) is 7.08. The Morgan fingerprint density at radius 3 is 2.86 bits per heavy atom. The standard InChI is InChI=1S/C12H15N5O3S/c1-4-8-11(21-16-14-8)12(19)17(3)6-10(18)13-9-5-7(2)20-15-9/h5H,4,6H2,1-3H3,(H,13,15,18). The summed E-state index contributed by atoms with van der Waals surface area (Å²) in [6.07, 6.45) is 0.621. The molecule has 0 aliphatic rings. The summed E-state index contributed by atoms with van der Waals surface area (Å²) >= 11 is 1.03. The van der Waals surface area contributed by atoms with Gasteiger partial charge in [0, 0.05) is 13.1 Å². The van der Waals surface area contributed by atoms with Crippen molar-refractivity contribution in [2.45, 2.75) is 20.3 Å². The highest BCUT2D eigenvalue weighted by Gasteiger charge is 2.21. The maximum atomic E-state index is 12.2. The summed E-state index contributed by atoms with van der Waals surface area (Å²) in [7, 11) is 1.55. The fraction of sp³-hybridized carbons (Fsp3) is 0.417. The van der Waals surface area contributed by atoms with E-state index in [4.69, 9.17) is 4.52 Å². The molecule has 0 saturated heterocycles. The number of carbonyl (C=O) groups is 2. The third-order valence-corrected chi connectivity index (χ3v) is 3.46. The molecule has 21 heavy (non-hydrogen) atoms. The number of amides is 2. The molecule has 0 aliphatic heterocycles. The number of nitrogens with one attached hydrogen (secondary N) is 1. The lowest BCUT2D eigenvalue weighted by Gasteiger charge is -2.15. The summed E-state index contributed by atoms with van der Waals surface area (Å²) < 4.78 is 8.61. The molecule has 0 aliphatic carbocycles. The van der Waals surface area contributed by atoms with Crippen molar-refractivity contribution in [3.63, 3.8) is 0 Å². The number of rotatable bonds is 5. The lowest BCUT2D eigenvalue weighted by Crippen LogP contribution is -2.35. The van der Waals surface area contributed by atoms with E-state index in [1.165, 1.54) is 4.90 Å². The first-order valence-electron chi connectivity index (χ1n) is 6.31. The number of hydrogen-bond donors (Lipinski definition) is 1. The van der Waals surface area contributed by atoms with E-state index in [2.05, 4.69) is 20.1 Å². The molecule has 2 amide bonds. The van der Waals surface area contributed by atoms with E-state index in [-0.39, 0.29) is 18.4 Å². The van der Waals surface area contributed by atoms with Crippen LogP contribution in [0.1, 0.15) is 28.0 Å². The summed E-state index contributed by atoms with van der Waals surface area (Å²) in [4.78, 5) is 25.8. The van der Waals surface area contributed by atoms with E-state index < -0.39 is 0 Å². The van der Waals surface area contributed by atoms with Crippen LogP contribution in [0.4, 0.5) is 5.82 Å². The summed E-state index contributed by atoms with van der Waals surface area (Å²) in [6, 6.07) is 1.60. The molecule has 2 heterocycles. The predicted octanol–water partition coefficient (Wildman–Crippen LogP) is 1.11. The second kappa shape index (κ2) is 6.44. The van der Waals surface area contributed by atoms with Crippen molar-refractivity contribution in [3.05, 3.63) is 22.4 Å². The second-order valence-corrected chi connectivity index (χ2v) is 5.19. The molecule has 0 unspecified atom stereocenters. The van der Waals surface area contributed by atoms with Gasteiger partial charge in [0.1, 0.15) is 10.6 Å². The summed E-state index contributed by atoms with van der Waals surface area (Å²) in [5.74, 6) is 0.299. The highest BCUT2D eigenvalue weighted by molar-refractivity contribution is 7.08. The maximum Gasteiger partial charge on any atom is 0.267 e. The molecule has 1 N–H and O–H groups in total. The minimum Gasteiger partial charge on any atom is -0.360 e. The van der Waals surface area contributed by atoms with Gasteiger partial charge in [-0.3, -0.25) is 9.59 Å². The van der Waals surface area contributed by atoms with E-state index in [1.807, 2.05) is 6.92 Å². The van der Waals surface area contributed by atoms with E-state index in [0.717, 1.165) is 11.5 Å². The number of hydrogen-bond acceptors (Lipinski definition) is 7. The third-order valence-electron chi connectivity index (χ3n) is 2.71. The van der Waals surface area contributed by atoms with Crippen LogP contribution in [0.3, 0.4) is 0 Å². The maximum absolute atomic E-state index is 12.2. The Labute approximate surface area is 125 Å². The fourth-order valence-electron chi connectivity index (χ4n) is 1.67. The minimum atomic E-state index is -0.352. The zero-order valence-electron chi connectivity index (χ0n) is 11.9. The Balaban J connectivity index is 1.96. The van der Waals surface area contributed by atoms with Crippen molar-refractivity contribution < 1.29 is 14.1 Å². The molecule has 0 spiro atoms. The molecular weight excluding hydrogens is 294 g/mol. The van der Waals surface area contributed by atoms with Crippen LogP contribution in [0.2, 0.25) is 0 Å². The average molecular weight is 309 g/mol. The van der Waals surface area contributed by atoms with Gasteiger partial charge in [0.15, 0.2) is 5.82 Å². The Morgan fingerprint density at radius 2 is 2.24 bits per heavy atom. The van der Waals surface area contributed by atoms with Crippen molar-refractivity contribution in [1.82, 2.24) is 19.6 Å². The number of carbonyl (C=O) groups excluding carboxylic acids is 2. The molecular formula is C12H15N5O3S. The Morgan fingerprint density at radius 1 is 1.48 bits per heavy atom. The van der Waals surface area contributed by atoms with E-state index in [0.29, 0.717) is 28.6 Å². The minimum absolute atomic E-state index is 0.0915. The van der Waals surface area contributed by atoms with E-state index >= 15 is 0 Å². The summed E-state index contributed by atoms with van der Waals surface area (Å²) in [5.41, 5.74) is 0.643. The van der Waals surface area contributed by atoms with Gasteiger partial charge in [-0.15, -0.1) is 5.10 Å². The molecule has 8 nitrogen and oxygen atoms in total. The van der Waals surface area contributed by atoms with Crippen LogP contribution in [-0.4, -0.2) is 45.1 Å². The zero-order valence-corrected chi connectivity index (χ0v) is 12.7. The lowest BCUT2D eigenvalue weighted by molar-refractivity contribution is -0.116. The SMILES string of the molecule is CCc1nnsc1C(=O)N(C)CC(=O)Nc1cc(C)on1. The van der Waals surface area contributed by atoms with E-state index in [9.17, 15) is 9.59 Å². The van der Waals surface area contributed by atoms with Crippen molar-refractivity contribution in [2.24, 2.45) is 0 Å². The van der Waals surface area contributed by atoms with Gasteiger partial charge in [-0.05, 0) is 24.9 Å². The van der Waals surface area contributed by atoms with Gasteiger partial charge in [-0.2, -0.15) is 0 Å². The molecule has 2 aromatic heterocycles. The molecule has 0 atom stereocenters. The highest BCUT2D eigenvalue weighted by Crippen LogP contribution is 2.13. The van der Waals surface area contributed by atoms with Crippen LogP contribution in [0.5, 0.6) is 0 Å². The van der Waals surface area contributed by atoms with E-state index in [1.54, 1.807) is 20.0 Å². The first kappa shape index (κ1) is 15.1. The Kier molecular flexibility index (Phi) is 4.63. The molecule has 0 saturated carbocycles. The molecule has 2 aromatic rings. The highest BCUT2D eigenvalue weighted by atomic mass is 32.1. The van der Waals surface area contributed by atoms with Gasteiger partial charge in [0.2, 0.25) is 5.91 Å². The fourth-order valence-corrected chi connectivity index (χ4v) is 2.42. The smallest absolute Gasteiger partial charge is 0.267 e. The van der Waals surface area contributed by atoms with Gasteiger partial charge in [-0.1, -0.05) is 16.6 Å². The molecule has 0 aromatic carbocycles. The van der Waals surface area contributed by atoms with Crippen molar-refractivity contribution >= 4 is 29.2 Å². The number of aryl methyl sites for hydroxylation is 2. The van der Waals surface area contributed by atoms with Crippen LogP contribution in [-0.2, 0) is 11.2 Å². The quantitative estimate of drug-likeness (QED) is 0.887. The first-order chi connectivity index (χ1) is 10.0. The third kappa shape index (κ3) is 3.63. The van der Waals surface area contributed by atoms with Crippen LogP contribution in [0.15, 0.2) is 10.6 Å². The molecule has 0 radical (unpaired) electrons. The largest absolute Gasteiger partial charge is 0.360 e. The number of anilines is 1. The average Bonchev–Trinajstić information content (AvgIpc) is 3.06. The normalized spacial score (nSPS) is 10.4. The lowest BCUT2D eigenvalue weighted by atomic mass is 10.3.